The third kappa shape index (κ3) is 7.36. The van der Waals surface area contributed by atoms with Crippen LogP contribution in [0, 0.1) is 0 Å². The number of aliphatic imine (C=N–C) groups is 1. The zero-order chi connectivity index (χ0) is 25.4. The van der Waals surface area contributed by atoms with Gasteiger partial charge in [0.15, 0.2) is 15.6 Å². The maximum absolute atomic E-state index is 12.4. The van der Waals surface area contributed by atoms with Crippen LogP contribution in [0.15, 0.2) is 64.5 Å². The summed E-state index contributed by atoms with van der Waals surface area (Å²) in [5, 5.41) is 15.1. The third-order valence-electron chi connectivity index (χ3n) is 5.02. The highest BCUT2D eigenvalue weighted by Gasteiger charge is 2.24. The number of hydrogen-bond acceptors (Lipinski definition) is 7. The molecule has 3 N–H and O–H groups in total. The summed E-state index contributed by atoms with van der Waals surface area (Å²) in [5.74, 6) is -0.0767. The number of amidine groups is 1. The van der Waals surface area contributed by atoms with Crippen LogP contribution >= 0.6 is 23.2 Å². The van der Waals surface area contributed by atoms with Crippen LogP contribution in [0.5, 0.6) is 0 Å². The summed E-state index contributed by atoms with van der Waals surface area (Å²) in [6.07, 6.45) is 1.89. The van der Waals surface area contributed by atoms with Gasteiger partial charge in [0.05, 0.1) is 34.6 Å². The van der Waals surface area contributed by atoms with Crippen molar-refractivity contribution < 1.29 is 23.1 Å². The number of carbonyl (C=O) groups is 2. The highest BCUT2D eigenvalue weighted by molar-refractivity contribution is 7.91. The van der Waals surface area contributed by atoms with E-state index < -0.39 is 15.9 Å². The van der Waals surface area contributed by atoms with Crippen molar-refractivity contribution in [2.45, 2.75) is 11.4 Å². The average molecular weight is 539 g/mol. The number of benzene rings is 2. The van der Waals surface area contributed by atoms with Gasteiger partial charge in [-0.15, -0.1) is 0 Å². The van der Waals surface area contributed by atoms with E-state index in [1.54, 1.807) is 18.2 Å². The minimum absolute atomic E-state index is 0.0167. The number of nitrogens with zero attached hydrogens (tertiary/aromatic N) is 2. The molecule has 1 aliphatic heterocycles. The Bertz CT molecular complexity index is 1250. The van der Waals surface area contributed by atoms with E-state index in [4.69, 9.17) is 23.2 Å². The molecule has 0 radical (unpaired) electrons. The molecule has 2 aromatic carbocycles. The summed E-state index contributed by atoms with van der Waals surface area (Å²) in [4.78, 5) is 28.7. The van der Waals surface area contributed by atoms with Gasteiger partial charge in [-0.25, -0.2) is 13.2 Å². The van der Waals surface area contributed by atoms with E-state index >= 15 is 0 Å². The number of carbonyl (C=O) groups excluding carboxylic acids is 1. The quantitative estimate of drug-likeness (QED) is 0.296. The summed E-state index contributed by atoms with van der Waals surface area (Å²) >= 11 is 11.8. The van der Waals surface area contributed by atoms with Crippen molar-refractivity contribution in [3.8, 4) is 0 Å². The Morgan fingerprint density at radius 1 is 1.11 bits per heavy atom. The van der Waals surface area contributed by atoms with Gasteiger partial charge in [-0.3, -0.25) is 20.0 Å². The Kier molecular flexibility index (Phi) is 9.41. The Balaban J connectivity index is 1.38. The Labute approximate surface area is 213 Å². The summed E-state index contributed by atoms with van der Waals surface area (Å²) in [5.41, 5.74) is 1.65. The number of halogens is 2. The maximum atomic E-state index is 12.4. The number of hydrogen-bond donors (Lipinski definition) is 3. The smallest absolute Gasteiger partial charge is 0.413 e. The van der Waals surface area contributed by atoms with Crippen LogP contribution in [0.25, 0.3) is 0 Å². The lowest BCUT2D eigenvalue weighted by Gasteiger charge is -2.14. The fourth-order valence-electron chi connectivity index (χ4n) is 3.31. The number of rotatable bonds is 11. The van der Waals surface area contributed by atoms with Crippen molar-refractivity contribution in [2.24, 2.45) is 4.99 Å². The fourth-order valence-corrected chi connectivity index (χ4v) is 5.23. The van der Waals surface area contributed by atoms with Crippen LogP contribution in [0.2, 0.25) is 10.0 Å². The highest BCUT2D eigenvalue weighted by Crippen LogP contribution is 2.29. The molecule has 9 nitrogen and oxygen atoms in total. The zero-order valence-electron chi connectivity index (χ0n) is 18.6. The van der Waals surface area contributed by atoms with Crippen molar-refractivity contribution >= 4 is 50.8 Å². The number of amides is 1. The number of carboxylic acid groups (broad SMARTS) is 1. The predicted octanol–water partition coefficient (Wildman–Crippen LogP) is 2.97. The first kappa shape index (κ1) is 26.8. The molecule has 0 aromatic heterocycles. The van der Waals surface area contributed by atoms with Gasteiger partial charge in [-0.2, -0.15) is 0 Å². The Morgan fingerprint density at radius 3 is 2.57 bits per heavy atom. The van der Waals surface area contributed by atoms with Gasteiger partial charge in [0.2, 0.25) is 0 Å². The molecule has 0 unspecified atom stereocenters. The molecule has 0 aliphatic carbocycles. The van der Waals surface area contributed by atoms with Gasteiger partial charge >= 0.3 is 6.09 Å². The highest BCUT2D eigenvalue weighted by atomic mass is 35.5. The zero-order valence-corrected chi connectivity index (χ0v) is 20.9. The molecule has 3 rings (SSSR count). The van der Waals surface area contributed by atoms with Crippen LogP contribution in [0.1, 0.15) is 11.1 Å². The summed E-state index contributed by atoms with van der Waals surface area (Å²) in [7, 11) is -3.67. The second-order valence-corrected chi connectivity index (χ2v) is 10.3. The second-order valence-electron chi connectivity index (χ2n) is 7.57. The molecular formula is C23H24Cl2N4O5S. The van der Waals surface area contributed by atoms with Gasteiger partial charge in [-0.05, 0) is 23.8 Å². The molecule has 1 aliphatic rings. The van der Waals surface area contributed by atoms with Crippen molar-refractivity contribution in [3.05, 3.63) is 75.8 Å². The van der Waals surface area contributed by atoms with Crippen LogP contribution < -0.4 is 10.6 Å². The molecule has 2 aromatic rings. The lowest BCUT2D eigenvalue weighted by molar-refractivity contribution is -0.113. The van der Waals surface area contributed by atoms with E-state index in [9.17, 15) is 23.1 Å². The molecule has 0 atom stereocenters. The maximum Gasteiger partial charge on any atom is 0.413 e. The molecular weight excluding hydrogens is 515 g/mol. The molecule has 0 bridgehead atoms. The molecule has 1 amide bonds. The van der Waals surface area contributed by atoms with E-state index in [1.807, 2.05) is 12.1 Å². The predicted molar refractivity (Wildman–Crippen MR) is 135 cm³/mol. The van der Waals surface area contributed by atoms with Gasteiger partial charge in [0.1, 0.15) is 11.7 Å². The second kappa shape index (κ2) is 12.3. The lowest BCUT2D eigenvalue weighted by Crippen LogP contribution is -2.33. The summed E-state index contributed by atoms with van der Waals surface area (Å²) < 4.78 is 24.8. The molecule has 186 valence electrons. The topological polar surface area (TPSA) is 128 Å². The molecule has 0 saturated carbocycles. The molecule has 0 saturated heterocycles. The van der Waals surface area contributed by atoms with Crippen molar-refractivity contribution in [2.75, 3.05) is 32.1 Å². The SMILES string of the molecule is O=C(C=CCNCS(=O)(=O)c1cccc(Cl)c1Cl)CNCc1ccc(C2=NCCN2C(=O)O)cc1. The van der Waals surface area contributed by atoms with Crippen LogP contribution in [-0.4, -0.2) is 68.2 Å². The fraction of sp³-hybridized carbons (Fsp3) is 0.261. The number of nitrogens with one attached hydrogen (secondary N) is 2. The van der Waals surface area contributed by atoms with E-state index in [0.717, 1.165) is 11.1 Å². The van der Waals surface area contributed by atoms with Crippen LogP contribution in [0.4, 0.5) is 4.79 Å². The minimum Gasteiger partial charge on any atom is -0.465 e. The largest absolute Gasteiger partial charge is 0.465 e. The van der Waals surface area contributed by atoms with E-state index in [-0.39, 0.29) is 39.7 Å². The van der Waals surface area contributed by atoms with Gasteiger partial charge in [0, 0.05) is 18.7 Å². The normalized spacial score (nSPS) is 13.9. The van der Waals surface area contributed by atoms with E-state index in [0.29, 0.717) is 25.5 Å². The van der Waals surface area contributed by atoms with E-state index in [2.05, 4.69) is 15.6 Å². The first-order chi connectivity index (χ1) is 16.7. The van der Waals surface area contributed by atoms with Crippen molar-refractivity contribution in [1.82, 2.24) is 15.5 Å². The van der Waals surface area contributed by atoms with Gasteiger partial charge < -0.3 is 10.4 Å². The number of sulfone groups is 1. The Hall–Kier alpha value is -2.76. The van der Waals surface area contributed by atoms with E-state index in [1.165, 1.54) is 29.2 Å². The van der Waals surface area contributed by atoms with Crippen molar-refractivity contribution in [3.63, 3.8) is 0 Å². The Morgan fingerprint density at radius 2 is 1.86 bits per heavy atom. The monoisotopic (exact) mass is 538 g/mol. The van der Waals surface area contributed by atoms with Crippen LogP contribution in [0.3, 0.4) is 0 Å². The minimum atomic E-state index is -3.67. The lowest BCUT2D eigenvalue weighted by atomic mass is 10.1. The molecule has 0 spiro atoms. The number of ketones is 1. The average Bonchev–Trinajstić information content (AvgIpc) is 3.31. The first-order valence-electron chi connectivity index (χ1n) is 10.6. The standard InChI is InChI=1S/C23H24Cl2N4O5S/c24-19-4-1-5-20(21(19)25)35(33,34)15-26-10-2-3-18(30)14-27-13-16-6-8-17(9-7-16)22-28-11-12-29(22)23(31)32/h1-9,26-27H,10-15H2,(H,31,32). The van der Waals surface area contributed by atoms with Gasteiger partial charge in [-0.1, -0.05) is 59.6 Å². The molecule has 35 heavy (non-hydrogen) atoms. The molecule has 1 heterocycles. The van der Waals surface area contributed by atoms with Crippen LogP contribution in [-0.2, 0) is 21.2 Å². The molecule has 12 heteroatoms. The van der Waals surface area contributed by atoms with Crippen molar-refractivity contribution in [1.29, 1.82) is 0 Å². The summed E-state index contributed by atoms with van der Waals surface area (Å²) in [6, 6.07) is 11.7. The third-order valence-corrected chi connectivity index (χ3v) is 7.55. The molecule has 0 fully saturated rings. The summed E-state index contributed by atoms with van der Waals surface area (Å²) in [6.45, 7) is 1.54. The first-order valence-corrected chi connectivity index (χ1v) is 13.0. The van der Waals surface area contributed by atoms with Gasteiger partial charge in [0.25, 0.3) is 0 Å².